The van der Waals surface area contributed by atoms with E-state index < -0.39 is 0 Å². The quantitative estimate of drug-likeness (QED) is 0.451. The Bertz CT molecular complexity index is 983. The van der Waals surface area contributed by atoms with E-state index in [0.717, 1.165) is 42.0 Å². The smallest absolute Gasteiger partial charge is 0.134 e. The normalized spacial score (nSPS) is 16.3. The highest BCUT2D eigenvalue weighted by molar-refractivity contribution is 5.84. The van der Waals surface area contributed by atoms with E-state index in [1.54, 1.807) is 0 Å². The van der Waals surface area contributed by atoms with Gasteiger partial charge in [0.15, 0.2) is 0 Å². The molecule has 0 saturated carbocycles. The zero-order valence-electron chi connectivity index (χ0n) is 16.1. The minimum Gasteiger partial charge on any atom is -0.206 e. The van der Waals surface area contributed by atoms with Crippen molar-refractivity contribution in [2.24, 2.45) is 0 Å². The molecule has 0 aliphatic heterocycles. The van der Waals surface area contributed by atoms with Crippen LogP contribution < -0.4 is 0 Å². The average Bonchev–Trinajstić information content (AvgIpc) is 2.71. The number of halogens is 1. The predicted molar refractivity (Wildman–Crippen MR) is 114 cm³/mol. The molecule has 3 aromatic carbocycles. The van der Waals surface area contributed by atoms with E-state index in [4.69, 9.17) is 0 Å². The highest BCUT2D eigenvalue weighted by Gasteiger charge is 2.23. The van der Waals surface area contributed by atoms with Crippen molar-refractivity contribution < 1.29 is 4.39 Å². The molecule has 0 fully saturated rings. The Hall–Kier alpha value is -2.41. The maximum atomic E-state index is 15.3. The van der Waals surface area contributed by atoms with Crippen LogP contribution in [-0.2, 0) is 19.3 Å². The molecule has 0 bridgehead atoms. The Kier molecular flexibility index (Phi) is 5.11. The van der Waals surface area contributed by atoms with Crippen LogP contribution in [0.4, 0.5) is 4.39 Å². The van der Waals surface area contributed by atoms with Gasteiger partial charge in [0, 0.05) is 5.39 Å². The summed E-state index contributed by atoms with van der Waals surface area (Å²) in [5, 5.41) is 1.79. The van der Waals surface area contributed by atoms with Gasteiger partial charge in [0.2, 0.25) is 0 Å². The van der Waals surface area contributed by atoms with Crippen LogP contribution in [0.5, 0.6) is 0 Å². The molecular weight excluding hydrogens is 331 g/mol. The lowest BCUT2D eigenvalue weighted by molar-refractivity contribution is 0.539. The third kappa shape index (κ3) is 3.56. The highest BCUT2D eigenvalue weighted by atomic mass is 19.1. The van der Waals surface area contributed by atoms with E-state index in [9.17, 15) is 0 Å². The lowest BCUT2D eigenvalue weighted by Gasteiger charge is -2.26. The second-order valence-corrected chi connectivity index (χ2v) is 7.80. The van der Waals surface area contributed by atoms with Gasteiger partial charge in [-0.05, 0) is 71.2 Å². The number of rotatable bonds is 5. The number of hydrogen-bond acceptors (Lipinski definition) is 0. The summed E-state index contributed by atoms with van der Waals surface area (Å²) < 4.78 is 15.3. The van der Waals surface area contributed by atoms with Crippen LogP contribution in [0, 0.1) is 5.82 Å². The number of hydrogen-bond donors (Lipinski definition) is 0. The molecule has 1 aliphatic rings. The molecule has 4 rings (SSSR count). The lowest BCUT2D eigenvalue weighted by atomic mass is 9.79. The van der Waals surface area contributed by atoms with Crippen LogP contribution >= 0.6 is 0 Å². The second kappa shape index (κ2) is 7.68. The van der Waals surface area contributed by atoms with Crippen molar-refractivity contribution in [3.05, 3.63) is 88.7 Å². The van der Waals surface area contributed by atoms with Crippen molar-refractivity contribution in [1.29, 1.82) is 0 Å². The molecule has 0 N–H and O–H groups in total. The first-order chi connectivity index (χ1) is 13.2. The molecule has 0 aromatic heterocycles. The standard InChI is InChI=1S/C26H27F/c1-3-5-6-19-8-13-24-22(16-19)12-14-25(26(24)27)23-11-10-20-15-18(4-2)7-9-21(20)17-23/h4,7-9,12-16,23H,2-3,5-6,10-11,17H2,1H3. The molecule has 0 spiro atoms. The van der Waals surface area contributed by atoms with Crippen LogP contribution in [0.15, 0.2) is 55.1 Å². The number of benzene rings is 3. The predicted octanol–water partition coefficient (Wildman–Crippen LogP) is 7.24. The van der Waals surface area contributed by atoms with Gasteiger partial charge in [0.05, 0.1) is 0 Å². The van der Waals surface area contributed by atoms with E-state index in [1.165, 1.54) is 35.1 Å². The van der Waals surface area contributed by atoms with Crippen LogP contribution in [0.25, 0.3) is 16.8 Å². The zero-order valence-corrected chi connectivity index (χ0v) is 16.1. The first-order valence-corrected chi connectivity index (χ1v) is 10.1. The summed E-state index contributed by atoms with van der Waals surface area (Å²) in [5.41, 5.74) is 6.10. The SMILES string of the molecule is C=Cc1ccc2c(c1)CCC(c1ccc3cc(CCCC)ccc3c1F)C2. The van der Waals surface area contributed by atoms with Crippen molar-refractivity contribution in [1.82, 2.24) is 0 Å². The minimum atomic E-state index is -0.0225. The largest absolute Gasteiger partial charge is 0.206 e. The van der Waals surface area contributed by atoms with Crippen molar-refractivity contribution in [3.63, 3.8) is 0 Å². The number of unbranched alkanes of at least 4 members (excludes halogenated alkanes) is 1. The molecule has 0 nitrogen and oxygen atoms in total. The van der Waals surface area contributed by atoms with Crippen LogP contribution in [-0.4, -0.2) is 0 Å². The summed E-state index contributed by atoms with van der Waals surface area (Å²) in [5.74, 6) is 0.238. The maximum Gasteiger partial charge on any atom is 0.134 e. The Morgan fingerprint density at radius 2 is 1.96 bits per heavy atom. The van der Waals surface area contributed by atoms with E-state index in [0.29, 0.717) is 0 Å². The molecular formula is C26H27F. The molecule has 27 heavy (non-hydrogen) atoms. The molecule has 3 aromatic rings. The summed E-state index contributed by atoms with van der Waals surface area (Å²) in [7, 11) is 0. The summed E-state index contributed by atoms with van der Waals surface area (Å²) in [4.78, 5) is 0. The van der Waals surface area contributed by atoms with Crippen molar-refractivity contribution in [2.75, 3.05) is 0 Å². The molecule has 1 aliphatic carbocycles. The topological polar surface area (TPSA) is 0 Å². The highest BCUT2D eigenvalue weighted by Crippen LogP contribution is 2.36. The van der Waals surface area contributed by atoms with Crippen molar-refractivity contribution in [2.45, 2.75) is 51.4 Å². The molecule has 1 atom stereocenters. The third-order valence-electron chi connectivity index (χ3n) is 6.00. The fourth-order valence-corrected chi connectivity index (χ4v) is 4.38. The second-order valence-electron chi connectivity index (χ2n) is 7.80. The molecule has 0 saturated heterocycles. The van der Waals surface area contributed by atoms with Gasteiger partial charge < -0.3 is 0 Å². The summed E-state index contributed by atoms with van der Waals surface area (Å²) in [6.45, 7) is 6.06. The van der Waals surface area contributed by atoms with Gasteiger partial charge in [-0.15, -0.1) is 0 Å². The van der Waals surface area contributed by atoms with Crippen LogP contribution in [0.3, 0.4) is 0 Å². The van der Waals surface area contributed by atoms with Crippen molar-refractivity contribution >= 4 is 16.8 Å². The average molecular weight is 359 g/mol. The summed E-state index contributed by atoms with van der Waals surface area (Å²) in [6.07, 6.45) is 8.26. The molecule has 0 heterocycles. The summed E-state index contributed by atoms with van der Waals surface area (Å²) in [6, 6.07) is 16.9. The van der Waals surface area contributed by atoms with Crippen LogP contribution in [0.2, 0.25) is 0 Å². The van der Waals surface area contributed by atoms with Gasteiger partial charge >= 0.3 is 0 Å². The van der Waals surface area contributed by atoms with E-state index >= 15 is 4.39 Å². The Balaban J connectivity index is 1.63. The third-order valence-corrected chi connectivity index (χ3v) is 6.00. The molecule has 0 amide bonds. The van der Waals surface area contributed by atoms with Gasteiger partial charge in [-0.2, -0.15) is 0 Å². The monoisotopic (exact) mass is 358 g/mol. The molecule has 0 radical (unpaired) electrons. The first-order valence-electron chi connectivity index (χ1n) is 10.1. The Morgan fingerprint density at radius 1 is 1.07 bits per heavy atom. The minimum absolute atomic E-state index is 0.0225. The van der Waals surface area contributed by atoms with Crippen LogP contribution in [0.1, 0.15) is 59.9 Å². The van der Waals surface area contributed by atoms with E-state index in [-0.39, 0.29) is 11.7 Å². The Labute approximate surface area is 161 Å². The zero-order chi connectivity index (χ0) is 18.8. The summed E-state index contributed by atoms with van der Waals surface area (Å²) >= 11 is 0. The fraction of sp³-hybridized carbons (Fsp3) is 0.308. The van der Waals surface area contributed by atoms with E-state index in [1.807, 2.05) is 18.2 Å². The number of aryl methyl sites for hydroxylation is 2. The van der Waals surface area contributed by atoms with Gasteiger partial charge in [-0.25, -0.2) is 4.39 Å². The Morgan fingerprint density at radius 3 is 2.78 bits per heavy atom. The first kappa shape index (κ1) is 18.0. The lowest BCUT2D eigenvalue weighted by Crippen LogP contribution is -2.14. The van der Waals surface area contributed by atoms with Gasteiger partial charge in [-0.1, -0.05) is 74.5 Å². The van der Waals surface area contributed by atoms with Crippen molar-refractivity contribution in [3.8, 4) is 0 Å². The maximum absolute atomic E-state index is 15.3. The molecule has 1 unspecified atom stereocenters. The van der Waals surface area contributed by atoms with Gasteiger partial charge in [0.1, 0.15) is 5.82 Å². The van der Waals surface area contributed by atoms with E-state index in [2.05, 4.69) is 49.9 Å². The van der Waals surface area contributed by atoms with Gasteiger partial charge in [0.25, 0.3) is 0 Å². The number of fused-ring (bicyclic) bond motifs is 2. The van der Waals surface area contributed by atoms with Gasteiger partial charge in [-0.3, -0.25) is 0 Å². The molecule has 138 valence electrons. The molecule has 1 heteroatoms. The fourth-order valence-electron chi connectivity index (χ4n) is 4.38.